The third kappa shape index (κ3) is 3.45. The molecule has 0 spiro atoms. The summed E-state index contributed by atoms with van der Waals surface area (Å²) in [6.45, 7) is 3.08. The third-order valence-electron chi connectivity index (χ3n) is 2.89. The molecule has 20 heavy (non-hydrogen) atoms. The monoisotopic (exact) mass is 303 g/mol. The number of hydrogen-bond donors (Lipinski definition) is 1. The summed E-state index contributed by atoms with van der Waals surface area (Å²) in [6, 6.07) is 3.27. The van der Waals surface area contributed by atoms with Crippen LogP contribution in [-0.2, 0) is 12.7 Å². The van der Waals surface area contributed by atoms with Gasteiger partial charge in [-0.3, -0.25) is 0 Å². The van der Waals surface area contributed by atoms with Gasteiger partial charge in [-0.05, 0) is 25.1 Å². The van der Waals surface area contributed by atoms with Crippen molar-refractivity contribution in [3.05, 3.63) is 47.0 Å². The van der Waals surface area contributed by atoms with E-state index in [9.17, 15) is 13.2 Å². The van der Waals surface area contributed by atoms with Gasteiger partial charge in [0, 0.05) is 25.5 Å². The maximum absolute atomic E-state index is 12.5. The molecule has 0 saturated carbocycles. The van der Waals surface area contributed by atoms with E-state index in [2.05, 4.69) is 10.3 Å². The number of imidazole rings is 1. The van der Waals surface area contributed by atoms with Crippen LogP contribution >= 0.6 is 11.6 Å². The summed E-state index contributed by atoms with van der Waals surface area (Å²) < 4.78 is 39.4. The summed E-state index contributed by atoms with van der Waals surface area (Å²) >= 11 is 5.85. The topological polar surface area (TPSA) is 29.9 Å². The lowest BCUT2D eigenvalue weighted by atomic mass is 10.2. The van der Waals surface area contributed by atoms with E-state index in [1.165, 1.54) is 6.07 Å². The van der Waals surface area contributed by atoms with E-state index in [1.807, 2.05) is 17.7 Å². The van der Waals surface area contributed by atoms with Gasteiger partial charge in [-0.1, -0.05) is 11.6 Å². The second-order valence-corrected chi connectivity index (χ2v) is 4.69. The molecule has 0 aliphatic heterocycles. The number of hydrogen-bond acceptors (Lipinski definition) is 2. The second kappa shape index (κ2) is 5.75. The summed E-state index contributed by atoms with van der Waals surface area (Å²) in [6.07, 6.45) is -0.845. The highest BCUT2D eigenvalue weighted by Gasteiger charge is 2.30. The van der Waals surface area contributed by atoms with Crippen LogP contribution in [0.3, 0.4) is 0 Å². The molecular formula is C13H13ClF3N3. The van der Waals surface area contributed by atoms with Crippen LogP contribution in [0.5, 0.6) is 0 Å². The predicted molar refractivity (Wildman–Crippen MR) is 71.9 cm³/mol. The van der Waals surface area contributed by atoms with E-state index in [-0.39, 0.29) is 5.02 Å². The predicted octanol–water partition coefficient (Wildman–Crippen LogP) is 3.98. The average molecular weight is 304 g/mol. The minimum Gasteiger partial charge on any atom is -0.382 e. The van der Waals surface area contributed by atoms with Crippen molar-refractivity contribution in [1.29, 1.82) is 0 Å². The molecular weight excluding hydrogens is 291 g/mol. The Morgan fingerprint density at radius 2 is 2.10 bits per heavy atom. The summed E-state index contributed by atoms with van der Waals surface area (Å²) in [5.74, 6) is 0.880. The standard InChI is InChI=1S/C13H13ClF3N3/c1-9-18-4-6-20(9)7-5-19-12-3-2-10(8-11(12)14)13(15,16)17/h2-4,6,8,19H,5,7H2,1H3. The number of aryl methyl sites for hydroxylation is 1. The Morgan fingerprint density at radius 1 is 1.35 bits per heavy atom. The van der Waals surface area contributed by atoms with Crippen LogP contribution in [0.25, 0.3) is 0 Å². The molecule has 0 atom stereocenters. The van der Waals surface area contributed by atoms with Crippen LogP contribution in [0.2, 0.25) is 5.02 Å². The van der Waals surface area contributed by atoms with Crippen LogP contribution in [0.15, 0.2) is 30.6 Å². The molecule has 0 radical (unpaired) electrons. The van der Waals surface area contributed by atoms with Gasteiger partial charge in [-0.15, -0.1) is 0 Å². The highest BCUT2D eigenvalue weighted by atomic mass is 35.5. The first-order valence-electron chi connectivity index (χ1n) is 5.96. The fourth-order valence-corrected chi connectivity index (χ4v) is 2.03. The molecule has 0 bridgehead atoms. The molecule has 0 aliphatic rings. The highest BCUT2D eigenvalue weighted by Crippen LogP contribution is 2.33. The van der Waals surface area contributed by atoms with Crippen molar-refractivity contribution < 1.29 is 13.2 Å². The summed E-state index contributed by atoms with van der Waals surface area (Å²) in [7, 11) is 0. The number of halogens is 4. The van der Waals surface area contributed by atoms with Gasteiger partial charge in [0.25, 0.3) is 0 Å². The van der Waals surface area contributed by atoms with Crippen molar-refractivity contribution in [2.75, 3.05) is 11.9 Å². The number of alkyl halides is 3. The van der Waals surface area contributed by atoms with E-state index < -0.39 is 11.7 Å². The number of anilines is 1. The summed E-state index contributed by atoms with van der Waals surface area (Å²) in [5, 5.41) is 3.07. The van der Waals surface area contributed by atoms with E-state index in [4.69, 9.17) is 11.6 Å². The molecule has 0 unspecified atom stereocenters. The molecule has 2 rings (SSSR count). The smallest absolute Gasteiger partial charge is 0.382 e. The lowest BCUT2D eigenvalue weighted by molar-refractivity contribution is -0.137. The van der Waals surface area contributed by atoms with Crippen molar-refractivity contribution in [3.63, 3.8) is 0 Å². The Hall–Kier alpha value is -1.69. The zero-order chi connectivity index (χ0) is 14.8. The fraction of sp³-hybridized carbons (Fsp3) is 0.308. The Balaban J connectivity index is 1.98. The first kappa shape index (κ1) is 14.7. The largest absolute Gasteiger partial charge is 0.416 e. The van der Waals surface area contributed by atoms with E-state index >= 15 is 0 Å². The SMILES string of the molecule is Cc1nccn1CCNc1ccc(C(F)(F)F)cc1Cl. The highest BCUT2D eigenvalue weighted by molar-refractivity contribution is 6.33. The summed E-state index contributed by atoms with van der Waals surface area (Å²) in [4.78, 5) is 4.08. The van der Waals surface area contributed by atoms with Crippen molar-refractivity contribution in [1.82, 2.24) is 9.55 Å². The quantitative estimate of drug-likeness (QED) is 0.926. The molecule has 1 aromatic heterocycles. The van der Waals surface area contributed by atoms with Crippen molar-refractivity contribution in [2.24, 2.45) is 0 Å². The molecule has 1 heterocycles. The van der Waals surface area contributed by atoms with Gasteiger partial charge in [0.05, 0.1) is 16.3 Å². The van der Waals surface area contributed by atoms with E-state index in [0.29, 0.717) is 18.8 Å². The molecule has 0 saturated heterocycles. The zero-order valence-corrected chi connectivity index (χ0v) is 11.5. The van der Waals surface area contributed by atoms with Crippen molar-refractivity contribution in [3.8, 4) is 0 Å². The Bertz CT molecular complexity index is 593. The minimum absolute atomic E-state index is 0.0576. The first-order valence-corrected chi connectivity index (χ1v) is 6.34. The zero-order valence-electron chi connectivity index (χ0n) is 10.7. The van der Waals surface area contributed by atoms with Crippen LogP contribution in [0, 0.1) is 6.92 Å². The van der Waals surface area contributed by atoms with Gasteiger partial charge < -0.3 is 9.88 Å². The lowest BCUT2D eigenvalue weighted by Crippen LogP contribution is -2.12. The minimum atomic E-state index is -4.38. The number of nitrogens with zero attached hydrogens (tertiary/aromatic N) is 2. The molecule has 1 aromatic carbocycles. The van der Waals surface area contributed by atoms with Gasteiger partial charge in [-0.25, -0.2) is 4.98 Å². The normalized spacial score (nSPS) is 11.7. The van der Waals surface area contributed by atoms with Crippen LogP contribution in [0.4, 0.5) is 18.9 Å². The Labute approximate surface area is 119 Å². The molecule has 7 heteroatoms. The van der Waals surface area contributed by atoms with Crippen LogP contribution in [0.1, 0.15) is 11.4 Å². The van der Waals surface area contributed by atoms with Crippen LogP contribution in [-0.4, -0.2) is 16.1 Å². The van der Waals surface area contributed by atoms with Gasteiger partial charge in [0.1, 0.15) is 5.82 Å². The van der Waals surface area contributed by atoms with Gasteiger partial charge >= 0.3 is 6.18 Å². The van der Waals surface area contributed by atoms with Gasteiger partial charge in [0.15, 0.2) is 0 Å². The third-order valence-corrected chi connectivity index (χ3v) is 3.20. The number of rotatable bonds is 4. The maximum Gasteiger partial charge on any atom is 0.416 e. The lowest BCUT2D eigenvalue weighted by Gasteiger charge is -2.12. The van der Waals surface area contributed by atoms with Crippen LogP contribution < -0.4 is 5.32 Å². The molecule has 0 fully saturated rings. The molecule has 108 valence electrons. The van der Waals surface area contributed by atoms with Crippen molar-refractivity contribution >= 4 is 17.3 Å². The maximum atomic E-state index is 12.5. The second-order valence-electron chi connectivity index (χ2n) is 4.29. The number of aromatic nitrogens is 2. The average Bonchev–Trinajstić information content (AvgIpc) is 2.76. The van der Waals surface area contributed by atoms with E-state index in [0.717, 1.165) is 18.0 Å². The number of benzene rings is 1. The molecule has 1 N–H and O–H groups in total. The molecule has 0 amide bonds. The fourth-order valence-electron chi connectivity index (χ4n) is 1.79. The summed E-state index contributed by atoms with van der Waals surface area (Å²) in [5.41, 5.74) is -0.268. The van der Waals surface area contributed by atoms with Gasteiger partial charge in [-0.2, -0.15) is 13.2 Å². The first-order chi connectivity index (χ1) is 9.38. The Kier molecular flexibility index (Phi) is 4.23. The molecule has 0 aliphatic carbocycles. The molecule has 3 nitrogen and oxygen atoms in total. The van der Waals surface area contributed by atoms with Crippen molar-refractivity contribution in [2.45, 2.75) is 19.6 Å². The van der Waals surface area contributed by atoms with E-state index in [1.54, 1.807) is 6.20 Å². The Morgan fingerprint density at radius 3 is 2.65 bits per heavy atom. The van der Waals surface area contributed by atoms with Gasteiger partial charge in [0.2, 0.25) is 0 Å². The molecule has 2 aromatic rings. The number of nitrogens with one attached hydrogen (secondary N) is 1.